The van der Waals surface area contributed by atoms with Crippen LogP contribution in [0, 0.1) is 0 Å². The monoisotopic (exact) mass is 197 g/mol. The van der Waals surface area contributed by atoms with Gasteiger partial charge in [-0.3, -0.25) is 4.79 Å². The van der Waals surface area contributed by atoms with Crippen molar-refractivity contribution in [2.45, 2.75) is 24.8 Å². The molecule has 3 N–H and O–H groups in total. The Kier molecular flexibility index (Phi) is 2.05. The summed E-state index contributed by atoms with van der Waals surface area (Å²) < 4.78 is 0. The molecule has 13 heavy (non-hydrogen) atoms. The largest absolute Gasteiger partial charge is 0.325 e. The number of amides is 1. The van der Waals surface area contributed by atoms with Gasteiger partial charge in [0.25, 0.3) is 0 Å². The minimum atomic E-state index is -0.221. The molecule has 1 aliphatic rings. The number of aromatic nitrogens is 1. The minimum Gasteiger partial charge on any atom is -0.325 e. The third-order valence-corrected chi connectivity index (χ3v) is 2.77. The molecule has 1 heterocycles. The summed E-state index contributed by atoms with van der Waals surface area (Å²) in [5.74, 6) is -0.0325. The zero-order valence-corrected chi connectivity index (χ0v) is 7.93. The maximum absolute atomic E-state index is 11.3. The van der Waals surface area contributed by atoms with Crippen LogP contribution in [-0.4, -0.2) is 16.4 Å². The molecule has 1 aromatic heterocycles. The van der Waals surface area contributed by atoms with Crippen molar-refractivity contribution in [1.82, 2.24) is 4.98 Å². The number of anilines is 1. The number of thiazole rings is 1. The first-order valence-electron chi connectivity index (χ1n) is 4.16. The van der Waals surface area contributed by atoms with Crippen LogP contribution in [0.5, 0.6) is 0 Å². The van der Waals surface area contributed by atoms with Crippen molar-refractivity contribution in [1.29, 1.82) is 0 Å². The van der Waals surface area contributed by atoms with Gasteiger partial charge in [-0.05, 0) is 12.8 Å². The summed E-state index contributed by atoms with van der Waals surface area (Å²) in [7, 11) is 0. The van der Waals surface area contributed by atoms with Crippen molar-refractivity contribution in [3.05, 3.63) is 11.6 Å². The SMILES string of the molecule is NC1(CC(=O)Nc2nccs2)CC1. The molecule has 0 atom stereocenters. The molecule has 0 saturated heterocycles. The van der Waals surface area contributed by atoms with E-state index in [1.165, 1.54) is 11.3 Å². The van der Waals surface area contributed by atoms with Gasteiger partial charge in [0.15, 0.2) is 5.13 Å². The topological polar surface area (TPSA) is 68.0 Å². The highest BCUT2D eigenvalue weighted by atomic mass is 32.1. The molecule has 1 fully saturated rings. The van der Waals surface area contributed by atoms with Crippen LogP contribution in [0.4, 0.5) is 5.13 Å². The second kappa shape index (κ2) is 3.08. The molecule has 0 aliphatic heterocycles. The molecule has 0 spiro atoms. The average Bonchev–Trinajstić information content (AvgIpc) is 2.61. The first-order chi connectivity index (χ1) is 6.18. The van der Waals surface area contributed by atoms with Gasteiger partial charge in [-0.2, -0.15) is 0 Å². The average molecular weight is 197 g/mol. The third kappa shape index (κ3) is 2.26. The number of hydrogen-bond donors (Lipinski definition) is 2. The lowest BCUT2D eigenvalue weighted by atomic mass is 10.2. The van der Waals surface area contributed by atoms with Crippen LogP contribution in [0.3, 0.4) is 0 Å². The first-order valence-corrected chi connectivity index (χ1v) is 5.04. The Morgan fingerprint density at radius 3 is 3.08 bits per heavy atom. The Balaban J connectivity index is 1.85. The molecule has 4 nitrogen and oxygen atoms in total. The van der Waals surface area contributed by atoms with E-state index in [1.54, 1.807) is 6.20 Å². The summed E-state index contributed by atoms with van der Waals surface area (Å²) in [5, 5.41) is 5.18. The zero-order valence-electron chi connectivity index (χ0n) is 7.12. The van der Waals surface area contributed by atoms with E-state index < -0.39 is 0 Å². The molecular formula is C8H11N3OS. The fourth-order valence-corrected chi connectivity index (χ4v) is 1.65. The van der Waals surface area contributed by atoms with Crippen LogP contribution in [0.2, 0.25) is 0 Å². The van der Waals surface area contributed by atoms with Gasteiger partial charge in [0, 0.05) is 23.5 Å². The molecule has 1 amide bonds. The predicted octanol–water partition coefficient (Wildman–Crippen LogP) is 0.963. The standard InChI is InChI=1S/C8H11N3OS/c9-8(1-2-8)5-6(12)11-7-10-3-4-13-7/h3-4H,1-2,5,9H2,(H,10,11,12). The Labute approximate surface area is 80.2 Å². The second-order valence-electron chi connectivity index (χ2n) is 3.42. The maximum Gasteiger partial charge on any atom is 0.228 e. The van der Waals surface area contributed by atoms with E-state index in [-0.39, 0.29) is 11.4 Å². The first kappa shape index (κ1) is 8.65. The van der Waals surface area contributed by atoms with Crippen molar-refractivity contribution < 1.29 is 4.79 Å². The highest BCUT2D eigenvalue weighted by Crippen LogP contribution is 2.35. The van der Waals surface area contributed by atoms with Gasteiger partial charge in [0.05, 0.1) is 0 Å². The summed E-state index contributed by atoms with van der Waals surface area (Å²) >= 11 is 1.41. The van der Waals surface area contributed by atoms with E-state index in [2.05, 4.69) is 10.3 Å². The van der Waals surface area contributed by atoms with Crippen LogP contribution >= 0.6 is 11.3 Å². The highest BCUT2D eigenvalue weighted by molar-refractivity contribution is 7.13. The molecule has 1 aromatic rings. The van der Waals surface area contributed by atoms with Gasteiger partial charge < -0.3 is 11.1 Å². The van der Waals surface area contributed by atoms with Gasteiger partial charge in [-0.15, -0.1) is 11.3 Å². The summed E-state index contributed by atoms with van der Waals surface area (Å²) in [4.78, 5) is 15.3. The van der Waals surface area contributed by atoms with Crippen LogP contribution < -0.4 is 11.1 Å². The van der Waals surface area contributed by atoms with Crippen LogP contribution in [0.1, 0.15) is 19.3 Å². The zero-order chi connectivity index (χ0) is 9.31. The van der Waals surface area contributed by atoms with E-state index in [9.17, 15) is 4.79 Å². The fraction of sp³-hybridized carbons (Fsp3) is 0.500. The van der Waals surface area contributed by atoms with E-state index in [4.69, 9.17) is 5.73 Å². The van der Waals surface area contributed by atoms with E-state index in [0.29, 0.717) is 11.6 Å². The molecular weight excluding hydrogens is 186 g/mol. The Morgan fingerprint density at radius 2 is 2.54 bits per heavy atom. The summed E-state index contributed by atoms with van der Waals surface area (Å²) in [5.41, 5.74) is 5.58. The molecule has 0 radical (unpaired) electrons. The third-order valence-electron chi connectivity index (χ3n) is 2.08. The number of hydrogen-bond acceptors (Lipinski definition) is 4. The fourth-order valence-electron chi connectivity index (χ4n) is 1.11. The lowest BCUT2D eigenvalue weighted by Crippen LogP contribution is -2.28. The normalized spacial score (nSPS) is 18.2. The molecule has 0 bridgehead atoms. The lowest BCUT2D eigenvalue weighted by molar-refractivity contribution is -0.116. The van der Waals surface area contributed by atoms with Gasteiger partial charge in [0.1, 0.15) is 0 Å². The predicted molar refractivity (Wildman–Crippen MR) is 51.5 cm³/mol. The highest BCUT2D eigenvalue weighted by Gasteiger charge is 2.40. The Bertz CT molecular complexity index is 305. The van der Waals surface area contributed by atoms with E-state index >= 15 is 0 Å². The van der Waals surface area contributed by atoms with Gasteiger partial charge in [-0.25, -0.2) is 4.98 Å². The number of nitrogens with one attached hydrogen (secondary N) is 1. The summed E-state index contributed by atoms with van der Waals surface area (Å²) in [6.45, 7) is 0. The number of nitrogens with two attached hydrogens (primary N) is 1. The molecule has 70 valence electrons. The molecule has 1 saturated carbocycles. The summed E-state index contributed by atoms with van der Waals surface area (Å²) in [6.07, 6.45) is 3.98. The van der Waals surface area contributed by atoms with Crippen molar-refractivity contribution >= 4 is 22.4 Å². The maximum atomic E-state index is 11.3. The van der Waals surface area contributed by atoms with Crippen molar-refractivity contribution in [3.8, 4) is 0 Å². The Morgan fingerprint density at radius 1 is 1.77 bits per heavy atom. The van der Waals surface area contributed by atoms with Crippen LogP contribution in [0.15, 0.2) is 11.6 Å². The van der Waals surface area contributed by atoms with Gasteiger partial charge in [-0.1, -0.05) is 0 Å². The number of nitrogens with zero attached hydrogens (tertiary/aromatic N) is 1. The van der Waals surface area contributed by atoms with Crippen molar-refractivity contribution in [3.63, 3.8) is 0 Å². The quantitative estimate of drug-likeness (QED) is 0.758. The Hall–Kier alpha value is -0.940. The number of carbonyl (C=O) groups excluding carboxylic acids is 1. The number of rotatable bonds is 3. The second-order valence-corrected chi connectivity index (χ2v) is 4.32. The minimum absolute atomic E-state index is 0.0325. The molecule has 0 unspecified atom stereocenters. The van der Waals surface area contributed by atoms with E-state index in [1.807, 2.05) is 5.38 Å². The van der Waals surface area contributed by atoms with E-state index in [0.717, 1.165) is 12.8 Å². The molecule has 5 heteroatoms. The van der Waals surface area contributed by atoms with Crippen LogP contribution in [0.25, 0.3) is 0 Å². The summed E-state index contributed by atoms with van der Waals surface area (Å²) in [6, 6.07) is 0. The van der Waals surface area contributed by atoms with Gasteiger partial charge in [0.2, 0.25) is 5.91 Å². The molecule has 0 aromatic carbocycles. The number of carbonyl (C=O) groups is 1. The smallest absolute Gasteiger partial charge is 0.228 e. The lowest BCUT2D eigenvalue weighted by Gasteiger charge is -2.06. The van der Waals surface area contributed by atoms with Crippen molar-refractivity contribution in [2.24, 2.45) is 5.73 Å². The van der Waals surface area contributed by atoms with Gasteiger partial charge >= 0.3 is 0 Å². The van der Waals surface area contributed by atoms with Crippen molar-refractivity contribution in [2.75, 3.05) is 5.32 Å². The molecule has 1 aliphatic carbocycles. The molecule has 2 rings (SSSR count). The van der Waals surface area contributed by atoms with Crippen LogP contribution in [-0.2, 0) is 4.79 Å².